The van der Waals surface area contributed by atoms with Gasteiger partial charge in [-0.05, 0) is 12.8 Å². The van der Waals surface area contributed by atoms with Crippen molar-refractivity contribution in [3.63, 3.8) is 0 Å². The van der Waals surface area contributed by atoms with Crippen molar-refractivity contribution >= 4 is 18.0 Å². The van der Waals surface area contributed by atoms with Crippen LogP contribution in [0, 0.1) is 11.8 Å². The van der Waals surface area contributed by atoms with E-state index in [1.165, 1.54) is 19.3 Å². The molecule has 0 saturated carbocycles. The molecule has 0 aromatic rings. The van der Waals surface area contributed by atoms with Crippen LogP contribution in [0.15, 0.2) is 0 Å². The molecule has 0 heterocycles. The van der Waals surface area contributed by atoms with E-state index < -0.39 is 0 Å². The van der Waals surface area contributed by atoms with E-state index in [2.05, 4.69) is 6.92 Å². The van der Waals surface area contributed by atoms with Crippen LogP contribution < -0.4 is 0 Å². The largest absolute Gasteiger partial charge is 0.465 e. The Morgan fingerprint density at radius 2 is 1.70 bits per heavy atom. The summed E-state index contributed by atoms with van der Waals surface area (Å²) in [5.41, 5.74) is 0. The third kappa shape index (κ3) is 12.0. The zero-order chi connectivity index (χ0) is 17.5. The monoisotopic (exact) mass is 326 g/mol. The maximum atomic E-state index is 11.9. The molecule has 0 saturated heterocycles. The topological polar surface area (TPSA) is 60.4 Å². The molecule has 0 rings (SSSR count). The lowest BCUT2D eigenvalue weighted by Gasteiger charge is -2.16. The van der Waals surface area contributed by atoms with E-state index in [0.717, 1.165) is 32.0 Å². The van der Waals surface area contributed by atoms with E-state index >= 15 is 0 Å². The molecule has 0 spiro atoms. The highest BCUT2D eigenvalue weighted by Gasteiger charge is 2.19. The van der Waals surface area contributed by atoms with Crippen molar-refractivity contribution in [2.45, 2.75) is 85.0 Å². The van der Waals surface area contributed by atoms with Gasteiger partial charge in [0.1, 0.15) is 12.1 Å². The standard InChI is InChI=1S/C19H34O4/c1-4-6-7-8-9-10-11-19(22)23-15-17(12-13-20)14-18(21)16(3)5-2/h13,16-17H,4-12,14-15H2,1-3H3. The van der Waals surface area contributed by atoms with Gasteiger partial charge in [0.05, 0.1) is 6.61 Å². The molecule has 4 nitrogen and oxygen atoms in total. The first-order chi connectivity index (χ1) is 11.0. The lowest BCUT2D eigenvalue weighted by Crippen LogP contribution is -2.21. The minimum Gasteiger partial charge on any atom is -0.465 e. The number of unbranched alkanes of at least 4 members (excludes halogenated alkanes) is 5. The highest BCUT2D eigenvalue weighted by Crippen LogP contribution is 2.15. The van der Waals surface area contributed by atoms with Crippen LogP contribution in [0.4, 0.5) is 0 Å². The average Bonchev–Trinajstić information content (AvgIpc) is 2.55. The molecular weight excluding hydrogens is 292 g/mol. The second-order valence-corrected chi connectivity index (χ2v) is 6.45. The molecule has 0 fully saturated rings. The number of carbonyl (C=O) groups excluding carboxylic acids is 3. The lowest BCUT2D eigenvalue weighted by molar-refractivity contribution is -0.146. The Morgan fingerprint density at radius 3 is 2.30 bits per heavy atom. The van der Waals surface area contributed by atoms with Crippen LogP contribution >= 0.6 is 0 Å². The number of Topliss-reactive ketones (excluding diaryl/α,β-unsaturated/α-hetero) is 1. The average molecular weight is 326 g/mol. The maximum Gasteiger partial charge on any atom is 0.305 e. The molecule has 23 heavy (non-hydrogen) atoms. The Hall–Kier alpha value is -1.19. The van der Waals surface area contributed by atoms with Crippen molar-refractivity contribution in [3.05, 3.63) is 0 Å². The number of ether oxygens (including phenoxy) is 1. The molecule has 4 heteroatoms. The summed E-state index contributed by atoms with van der Waals surface area (Å²) >= 11 is 0. The van der Waals surface area contributed by atoms with Crippen LogP contribution in [-0.2, 0) is 19.1 Å². The van der Waals surface area contributed by atoms with Crippen molar-refractivity contribution in [2.24, 2.45) is 11.8 Å². The van der Waals surface area contributed by atoms with E-state index in [9.17, 15) is 14.4 Å². The van der Waals surface area contributed by atoms with Crippen molar-refractivity contribution in [1.29, 1.82) is 0 Å². The molecule has 0 radical (unpaired) electrons. The van der Waals surface area contributed by atoms with E-state index in [1.54, 1.807) is 0 Å². The molecule has 2 unspecified atom stereocenters. The minimum atomic E-state index is -0.215. The van der Waals surface area contributed by atoms with Gasteiger partial charge in [0.2, 0.25) is 0 Å². The van der Waals surface area contributed by atoms with E-state index in [-0.39, 0.29) is 36.6 Å². The second-order valence-electron chi connectivity index (χ2n) is 6.45. The lowest BCUT2D eigenvalue weighted by atomic mass is 9.93. The first-order valence-corrected chi connectivity index (χ1v) is 9.17. The van der Waals surface area contributed by atoms with Crippen molar-refractivity contribution in [2.75, 3.05) is 6.61 Å². The predicted molar refractivity (Wildman–Crippen MR) is 92.2 cm³/mol. The fourth-order valence-electron chi connectivity index (χ4n) is 2.39. The molecule has 0 amide bonds. The van der Waals surface area contributed by atoms with Gasteiger partial charge in [0.25, 0.3) is 0 Å². The van der Waals surface area contributed by atoms with Crippen LogP contribution in [0.3, 0.4) is 0 Å². The molecule has 0 aromatic carbocycles. The summed E-state index contributed by atoms with van der Waals surface area (Å²) in [5.74, 6) is -0.246. The molecule has 0 aliphatic rings. The summed E-state index contributed by atoms with van der Waals surface area (Å²) in [5, 5.41) is 0. The number of carbonyl (C=O) groups is 3. The van der Waals surface area contributed by atoms with Gasteiger partial charge >= 0.3 is 5.97 Å². The molecule has 0 aromatic heterocycles. The van der Waals surface area contributed by atoms with Crippen molar-refractivity contribution in [1.82, 2.24) is 0 Å². The summed E-state index contributed by atoms with van der Waals surface area (Å²) < 4.78 is 5.25. The number of ketones is 1. The van der Waals surface area contributed by atoms with Crippen LogP contribution in [0.5, 0.6) is 0 Å². The van der Waals surface area contributed by atoms with Crippen LogP contribution in [-0.4, -0.2) is 24.6 Å². The number of rotatable bonds is 15. The molecular formula is C19H34O4. The number of hydrogen-bond donors (Lipinski definition) is 0. The van der Waals surface area contributed by atoms with Crippen LogP contribution in [0.2, 0.25) is 0 Å². The zero-order valence-electron chi connectivity index (χ0n) is 15.1. The Kier molecular flexibility index (Phi) is 13.7. The summed E-state index contributed by atoms with van der Waals surface area (Å²) in [4.78, 5) is 34.4. The summed E-state index contributed by atoms with van der Waals surface area (Å²) in [6, 6.07) is 0. The highest BCUT2D eigenvalue weighted by atomic mass is 16.5. The molecule has 2 atom stereocenters. The van der Waals surface area contributed by atoms with Gasteiger partial charge in [-0.15, -0.1) is 0 Å². The fraction of sp³-hybridized carbons (Fsp3) is 0.842. The number of esters is 1. The third-order valence-corrected chi connectivity index (χ3v) is 4.30. The first kappa shape index (κ1) is 21.8. The van der Waals surface area contributed by atoms with E-state index in [0.29, 0.717) is 12.8 Å². The Bertz CT molecular complexity index is 338. The molecule has 0 N–H and O–H groups in total. The minimum absolute atomic E-state index is 0.00275. The zero-order valence-corrected chi connectivity index (χ0v) is 15.1. The van der Waals surface area contributed by atoms with Gasteiger partial charge in [-0.1, -0.05) is 52.9 Å². The fourth-order valence-corrected chi connectivity index (χ4v) is 2.39. The van der Waals surface area contributed by atoms with Crippen molar-refractivity contribution in [3.8, 4) is 0 Å². The third-order valence-electron chi connectivity index (χ3n) is 4.30. The Labute approximate surface area is 141 Å². The molecule has 0 aliphatic carbocycles. The normalized spacial score (nSPS) is 13.3. The summed E-state index contributed by atoms with van der Waals surface area (Å²) in [6.45, 7) is 6.22. The maximum absolute atomic E-state index is 11.9. The summed E-state index contributed by atoms with van der Waals surface area (Å²) in [7, 11) is 0. The van der Waals surface area contributed by atoms with Gasteiger partial charge in [-0.2, -0.15) is 0 Å². The van der Waals surface area contributed by atoms with E-state index in [1.807, 2.05) is 13.8 Å². The van der Waals surface area contributed by atoms with Gasteiger partial charge in [0, 0.05) is 31.1 Å². The number of hydrogen-bond acceptors (Lipinski definition) is 4. The SMILES string of the molecule is CCCCCCCCC(=O)OCC(CC=O)CC(=O)C(C)CC. The first-order valence-electron chi connectivity index (χ1n) is 9.17. The molecule has 0 bridgehead atoms. The van der Waals surface area contributed by atoms with Crippen molar-refractivity contribution < 1.29 is 19.1 Å². The van der Waals surface area contributed by atoms with Gasteiger partial charge in [-0.3, -0.25) is 9.59 Å². The smallest absolute Gasteiger partial charge is 0.305 e. The predicted octanol–water partition coefficient (Wildman–Crippen LogP) is 4.49. The van der Waals surface area contributed by atoms with Gasteiger partial charge in [-0.25, -0.2) is 0 Å². The quantitative estimate of drug-likeness (QED) is 0.253. The summed E-state index contributed by atoms with van der Waals surface area (Å²) in [6.07, 6.45) is 9.39. The molecule has 134 valence electrons. The van der Waals surface area contributed by atoms with Gasteiger partial charge in [0.15, 0.2) is 0 Å². The van der Waals surface area contributed by atoms with Crippen LogP contribution in [0.25, 0.3) is 0 Å². The van der Waals surface area contributed by atoms with E-state index in [4.69, 9.17) is 4.74 Å². The number of aldehydes is 1. The highest BCUT2D eigenvalue weighted by molar-refractivity contribution is 5.81. The second kappa shape index (κ2) is 14.4. The van der Waals surface area contributed by atoms with Crippen LogP contribution in [0.1, 0.15) is 85.0 Å². The Morgan fingerprint density at radius 1 is 1.04 bits per heavy atom. The Balaban J connectivity index is 3.94. The van der Waals surface area contributed by atoms with Gasteiger partial charge < -0.3 is 9.53 Å². The molecule has 0 aliphatic heterocycles.